The number of fused-ring (bicyclic) bond motifs is 3. The molecule has 0 saturated carbocycles. The minimum absolute atomic E-state index is 0.209. The molecule has 1 amide bonds. The first kappa shape index (κ1) is 14.3. The van der Waals surface area contributed by atoms with Crippen LogP contribution in [0.3, 0.4) is 0 Å². The standard InChI is InChI=1S/C18H17NO3/c1-22-18(21)19(11-6-12-20)17-15-9-4-2-7-13(15)14-8-3-5-10-16(14)17/h2-5,7-10,12,17H,6,11H2,1H3. The molecule has 0 spiro atoms. The summed E-state index contributed by atoms with van der Waals surface area (Å²) >= 11 is 0. The van der Waals surface area contributed by atoms with Crippen LogP contribution in [0, 0.1) is 0 Å². The highest BCUT2D eigenvalue weighted by molar-refractivity contribution is 5.81. The quantitative estimate of drug-likeness (QED) is 0.812. The molecule has 0 radical (unpaired) electrons. The Morgan fingerprint density at radius 1 is 1.09 bits per heavy atom. The number of nitrogens with zero attached hydrogens (tertiary/aromatic N) is 1. The first-order valence-electron chi connectivity index (χ1n) is 7.24. The van der Waals surface area contributed by atoms with Crippen LogP contribution in [0.5, 0.6) is 0 Å². The van der Waals surface area contributed by atoms with Gasteiger partial charge in [-0.05, 0) is 22.3 Å². The maximum atomic E-state index is 12.2. The first-order chi connectivity index (χ1) is 10.8. The van der Waals surface area contributed by atoms with Crippen molar-refractivity contribution in [1.82, 2.24) is 4.90 Å². The van der Waals surface area contributed by atoms with E-state index in [4.69, 9.17) is 4.74 Å². The summed E-state index contributed by atoms with van der Waals surface area (Å²) in [4.78, 5) is 24.6. The van der Waals surface area contributed by atoms with Crippen LogP contribution >= 0.6 is 0 Å². The molecule has 4 heteroatoms. The Bertz CT molecular complexity index is 665. The van der Waals surface area contributed by atoms with E-state index in [9.17, 15) is 9.59 Å². The zero-order chi connectivity index (χ0) is 15.5. The van der Waals surface area contributed by atoms with Gasteiger partial charge in [-0.3, -0.25) is 4.90 Å². The van der Waals surface area contributed by atoms with Crippen molar-refractivity contribution in [2.45, 2.75) is 12.5 Å². The van der Waals surface area contributed by atoms with E-state index in [0.717, 1.165) is 28.5 Å². The second kappa shape index (κ2) is 6.02. The van der Waals surface area contributed by atoms with Crippen molar-refractivity contribution >= 4 is 12.4 Å². The van der Waals surface area contributed by atoms with Crippen molar-refractivity contribution in [3.63, 3.8) is 0 Å². The minimum Gasteiger partial charge on any atom is -0.453 e. The van der Waals surface area contributed by atoms with E-state index < -0.39 is 6.09 Å². The van der Waals surface area contributed by atoms with Crippen LogP contribution in [0.4, 0.5) is 4.79 Å². The molecule has 3 rings (SSSR count). The average molecular weight is 295 g/mol. The summed E-state index contributed by atoms with van der Waals surface area (Å²) in [6.07, 6.45) is 0.692. The maximum Gasteiger partial charge on any atom is 0.410 e. The number of benzene rings is 2. The molecule has 2 aromatic carbocycles. The summed E-state index contributed by atoms with van der Waals surface area (Å²) in [5, 5.41) is 0. The molecule has 1 aliphatic rings. The third-order valence-corrected chi connectivity index (χ3v) is 4.01. The molecule has 0 N–H and O–H groups in total. The van der Waals surface area contributed by atoms with E-state index in [1.807, 2.05) is 36.4 Å². The third-order valence-electron chi connectivity index (χ3n) is 4.01. The van der Waals surface area contributed by atoms with Gasteiger partial charge in [-0.1, -0.05) is 48.5 Å². The van der Waals surface area contributed by atoms with Gasteiger partial charge in [0.15, 0.2) is 0 Å². The number of rotatable bonds is 4. The Hall–Kier alpha value is -2.62. The van der Waals surface area contributed by atoms with Crippen molar-refractivity contribution < 1.29 is 14.3 Å². The normalized spacial score (nSPS) is 12.4. The van der Waals surface area contributed by atoms with Crippen LogP contribution < -0.4 is 0 Å². The van der Waals surface area contributed by atoms with Crippen molar-refractivity contribution in [3.8, 4) is 11.1 Å². The Balaban J connectivity index is 2.11. The smallest absolute Gasteiger partial charge is 0.410 e. The number of hydrogen-bond donors (Lipinski definition) is 0. The van der Waals surface area contributed by atoms with Gasteiger partial charge < -0.3 is 9.53 Å². The second-order valence-electron chi connectivity index (χ2n) is 5.20. The number of methoxy groups -OCH3 is 1. The highest BCUT2D eigenvalue weighted by atomic mass is 16.5. The Morgan fingerprint density at radius 3 is 2.14 bits per heavy atom. The summed E-state index contributed by atoms with van der Waals surface area (Å²) in [5.74, 6) is 0. The Morgan fingerprint density at radius 2 is 1.64 bits per heavy atom. The molecular formula is C18H17NO3. The molecule has 4 nitrogen and oxygen atoms in total. The molecule has 112 valence electrons. The number of amides is 1. The molecule has 0 atom stereocenters. The largest absolute Gasteiger partial charge is 0.453 e. The summed E-state index contributed by atoms with van der Waals surface area (Å²) in [6, 6.07) is 15.9. The van der Waals surface area contributed by atoms with E-state index in [-0.39, 0.29) is 12.5 Å². The summed E-state index contributed by atoms with van der Waals surface area (Å²) < 4.78 is 4.92. The van der Waals surface area contributed by atoms with Crippen LogP contribution in [0.25, 0.3) is 11.1 Å². The van der Waals surface area contributed by atoms with Gasteiger partial charge in [0, 0.05) is 13.0 Å². The minimum atomic E-state index is -0.418. The molecule has 0 bridgehead atoms. The van der Waals surface area contributed by atoms with E-state index >= 15 is 0 Å². The Labute approximate surface area is 129 Å². The van der Waals surface area contributed by atoms with Crippen LogP contribution in [-0.2, 0) is 9.53 Å². The maximum absolute atomic E-state index is 12.2. The molecule has 1 aliphatic carbocycles. The number of carbonyl (C=O) groups excluding carboxylic acids is 2. The molecular weight excluding hydrogens is 278 g/mol. The summed E-state index contributed by atoms with van der Waals surface area (Å²) in [6.45, 7) is 0.337. The molecule has 22 heavy (non-hydrogen) atoms. The van der Waals surface area contributed by atoms with E-state index in [1.54, 1.807) is 4.90 Å². The van der Waals surface area contributed by atoms with E-state index in [1.165, 1.54) is 7.11 Å². The number of aldehydes is 1. The van der Waals surface area contributed by atoms with Gasteiger partial charge in [0.1, 0.15) is 6.29 Å². The lowest BCUT2D eigenvalue weighted by Gasteiger charge is -2.28. The van der Waals surface area contributed by atoms with E-state index in [2.05, 4.69) is 12.1 Å². The molecule has 0 aliphatic heterocycles. The summed E-state index contributed by atoms with van der Waals surface area (Å²) in [5.41, 5.74) is 4.39. The van der Waals surface area contributed by atoms with Crippen LogP contribution in [0.15, 0.2) is 48.5 Å². The average Bonchev–Trinajstić information content (AvgIpc) is 2.90. The topological polar surface area (TPSA) is 46.6 Å². The fraction of sp³-hybridized carbons (Fsp3) is 0.222. The fourth-order valence-corrected chi connectivity index (χ4v) is 3.10. The summed E-state index contributed by atoms with van der Waals surface area (Å²) in [7, 11) is 1.36. The van der Waals surface area contributed by atoms with Gasteiger partial charge in [0.05, 0.1) is 13.2 Å². The lowest BCUT2D eigenvalue weighted by Crippen LogP contribution is -2.35. The monoisotopic (exact) mass is 295 g/mol. The van der Waals surface area contributed by atoms with Crippen molar-refractivity contribution in [2.75, 3.05) is 13.7 Å². The first-order valence-corrected chi connectivity index (χ1v) is 7.24. The van der Waals surface area contributed by atoms with Gasteiger partial charge >= 0.3 is 6.09 Å². The molecule has 0 unspecified atom stereocenters. The molecule has 0 aromatic heterocycles. The molecule has 0 fully saturated rings. The third kappa shape index (κ3) is 2.26. The van der Waals surface area contributed by atoms with Crippen molar-refractivity contribution in [1.29, 1.82) is 0 Å². The zero-order valence-corrected chi connectivity index (χ0v) is 12.4. The highest BCUT2D eigenvalue weighted by Crippen LogP contribution is 2.46. The van der Waals surface area contributed by atoms with Crippen molar-refractivity contribution in [2.24, 2.45) is 0 Å². The Kier molecular flexibility index (Phi) is 3.92. The fourth-order valence-electron chi connectivity index (χ4n) is 3.10. The predicted molar refractivity (Wildman–Crippen MR) is 83.5 cm³/mol. The van der Waals surface area contributed by atoms with Gasteiger partial charge in [0.25, 0.3) is 0 Å². The molecule has 0 saturated heterocycles. The van der Waals surface area contributed by atoms with Gasteiger partial charge in [-0.15, -0.1) is 0 Å². The van der Waals surface area contributed by atoms with Crippen LogP contribution in [-0.4, -0.2) is 30.9 Å². The van der Waals surface area contributed by atoms with Gasteiger partial charge in [0.2, 0.25) is 0 Å². The highest BCUT2D eigenvalue weighted by Gasteiger charge is 2.35. The van der Waals surface area contributed by atoms with Crippen LogP contribution in [0.2, 0.25) is 0 Å². The predicted octanol–water partition coefficient (Wildman–Crippen LogP) is 3.41. The zero-order valence-electron chi connectivity index (χ0n) is 12.4. The van der Waals surface area contributed by atoms with Crippen molar-refractivity contribution in [3.05, 3.63) is 59.7 Å². The number of ether oxygens (including phenoxy) is 1. The molecule has 0 heterocycles. The molecule has 2 aromatic rings. The lowest BCUT2D eigenvalue weighted by molar-refractivity contribution is -0.108. The van der Waals surface area contributed by atoms with Gasteiger partial charge in [-0.25, -0.2) is 4.79 Å². The number of hydrogen-bond acceptors (Lipinski definition) is 3. The SMILES string of the molecule is COC(=O)N(CCC=O)C1c2ccccc2-c2ccccc21. The van der Waals surface area contributed by atoms with E-state index in [0.29, 0.717) is 6.54 Å². The lowest BCUT2D eigenvalue weighted by atomic mass is 10.0. The number of carbonyl (C=O) groups is 2. The van der Waals surface area contributed by atoms with Gasteiger partial charge in [-0.2, -0.15) is 0 Å². The van der Waals surface area contributed by atoms with Crippen LogP contribution in [0.1, 0.15) is 23.6 Å². The second-order valence-corrected chi connectivity index (χ2v) is 5.20.